The Morgan fingerprint density at radius 1 is 1.30 bits per heavy atom. The molecule has 1 aromatic heterocycles. The maximum atomic E-state index is 13.1. The number of anilines is 1. The maximum absolute atomic E-state index is 13.1. The van der Waals surface area contributed by atoms with Crippen molar-refractivity contribution >= 4 is 17.1 Å². The zero-order valence-electron chi connectivity index (χ0n) is 11.5. The molecule has 0 amide bonds. The van der Waals surface area contributed by atoms with Crippen LogP contribution in [-0.2, 0) is 4.74 Å². The van der Waals surface area contributed by atoms with Crippen LogP contribution in [-0.4, -0.2) is 56.3 Å². The van der Waals surface area contributed by atoms with E-state index in [4.69, 9.17) is 9.15 Å². The predicted molar refractivity (Wildman–Crippen MR) is 74.5 cm³/mol. The van der Waals surface area contributed by atoms with Gasteiger partial charge < -0.3 is 14.1 Å². The third kappa shape index (κ3) is 2.76. The fourth-order valence-corrected chi connectivity index (χ4v) is 2.40. The van der Waals surface area contributed by atoms with Gasteiger partial charge in [0.15, 0.2) is 5.58 Å². The number of piperazine rings is 1. The second-order valence-corrected chi connectivity index (χ2v) is 4.93. The SMILES string of the molecule is COCCN1CCN(c2nc3ccc(F)cc3o2)CC1. The van der Waals surface area contributed by atoms with Crippen LogP contribution in [0.5, 0.6) is 0 Å². The molecular weight excluding hydrogens is 261 g/mol. The van der Waals surface area contributed by atoms with Crippen LogP contribution < -0.4 is 4.90 Å². The van der Waals surface area contributed by atoms with E-state index in [1.165, 1.54) is 12.1 Å². The third-order valence-electron chi connectivity index (χ3n) is 3.59. The molecule has 0 spiro atoms. The minimum Gasteiger partial charge on any atom is -0.423 e. The average molecular weight is 279 g/mol. The van der Waals surface area contributed by atoms with E-state index >= 15 is 0 Å². The molecule has 1 aliphatic rings. The molecule has 20 heavy (non-hydrogen) atoms. The molecule has 108 valence electrons. The highest BCUT2D eigenvalue weighted by atomic mass is 19.1. The Balaban J connectivity index is 1.67. The number of oxazole rings is 1. The first-order valence-electron chi connectivity index (χ1n) is 6.78. The first-order chi connectivity index (χ1) is 9.76. The molecule has 1 aliphatic heterocycles. The molecule has 0 saturated carbocycles. The number of hydrogen-bond donors (Lipinski definition) is 0. The summed E-state index contributed by atoms with van der Waals surface area (Å²) in [6, 6.07) is 5.00. The molecule has 0 bridgehead atoms. The van der Waals surface area contributed by atoms with Crippen molar-refractivity contribution in [1.29, 1.82) is 0 Å². The topological polar surface area (TPSA) is 41.7 Å². The molecule has 5 nitrogen and oxygen atoms in total. The van der Waals surface area contributed by atoms with Crippen molar-refractivity contribution in [3.8, 4) is 0 Å². The van der Waals surface area contributed by atoms with Crippen molar-refractivity contribution < 1.29 is 13.5 Å². The predicted octanol–water partition coefficient (Wildman–Crippen LogP) is 1.74. The second-order valence-electron chi connectivity index (χ2n) is 4.93. The Labute approximate surface area is 116 Å². The van der Waals surface area contributed by atoms with Crippen LogP contribution in [0, 0.1) is 5.82 Å². The molecule has 3 rings (SSSR count). The lowest BCUT2D eigenvalue weighted by Gasteiger charge is -2.33. The van der Waals surface area contributed by atoms with Gasteiger partial charge in [0.2, 0.25) is 0 Å². The van der Waals surface area contributed by atoms with E-state index in [-0.39, 0.29) is 5.82 Å². The van der Waals surface area contributed by atoms with Gasteiger partial charge in [-0.2, -0.15) is 4.98 Å². The molecule has 1 saturated heterocycles. The molecule has 2 aromatic rings. The Morgan fingerprint density at radius 2 is 2.10 bits per heavy atom. The number of rotatable bonds is 4. The number of methoxy groups -OCH3 is 1. The van der Waals surface area contributed by atoms with Crippen LogP contribution >= 0.6 is 0 Å². The third-order valence-corrected chi connectivity index (χ3v) is 3.59. The fourth-order valence-electron chi connectivity index (χ4n) is 2.40. The van der Waals surface area contributed by atoms with Gasteiger partial charge in [-0.05, 0) is 12.1 Å². The van der Waals surface area contributed by atoms with Crippen molar-refractivity contribution in [2.24, 2.45) is 0 Å². The number of ether oxygens (including phenoxy) is 1. The van der Waals surface area contributed by atoms with E-state index in [1.807, 2.05) is 0 Å². The van der Waals surface area contributed by atoms with Crippen LogP contribution in [0.15, 0.2) is 22.6 Å². The molecule has 1 fully saturated rings. The number of halogens is 1. The normalized spacial score (nSPS) is 17.0. The molecule has 2 heterocycles. The molecule has 0 radical (unpaired) electrons. The summed E-state index contributed by atoms with van der Waals surface area (Å²) in [5.74, 6) is -0.301. The van der Waals surface area contributed by atoms with E-state index in [0.29, 0.717) is 17.1 Å². The Kier molecular flexibility index (Phi) is 3.84. The summed E-state index contributed by atoms with van der Waals surface area (Å²) in [4.78, 5) is 8.86. The molecule has 0 unspecified atom stereocenters. The first-order valence-corrected chi connectivity index (χ1v) is 6.78. The highest BCUT2D eigenvalue weighted by Gasteiger charge is 2.20. The number of nitrogens with zero attached hydrogens (tertiary/aromatic N) is 3. The lowest BCUT2D eigenvalue weighted by molar-refractivity contribution is 0.143. The average Bonchev–Trinajstić information content (AvgIpc) is 2.88. The highest BCUT2D eigenvalue weighted by Crippen LogP contribution is 2.23. The van der Waals surface area contributed by atoms with Crippen LogP contribution in [0.3, 0.4) is 0 Å². The number of benzene rings is 1. The van der Waals surface area contributed by atoms with Crippen molar-refractivity contribution in [1.82, 2.24) is 9.88 Å². The monoisotopic (exact) mass is 279 g/mol. The lowest BCUT2D eigenvalue weighted by atomic mass is 10.3. The fraction of sp³-hybridized carbons (Fsp3) is 0.500. The van der Waals surface area contributed by atoms with E-state index < -0.39 is 0 Å². The van der Waals surface area contributed by atoms with Gasteiger partial charge in [-0.25, -0.2) is 4.39 Å². The first kappa shape index (κ1) is 13.3. The number of aromatic nitrogens is 1. The molecule has 0 N–H and O–H groups in total. The summed E-state index contributed by atoms with van der Waals surface area (Å²) in [7, 11) is 1.72. The largest absolute Gasteiger partial charge is 0.423 e. The van der Waals surface area contributed by atoms with Gasteiger partial charge in [0.25, 0.3) is 6.01 Å². The van der Waals surface area contributed by atoms with Crippen LogP contribution in [0.25, 0.3) is 11.1 Å². The van der Waals surface area contributed by atoms with Gasteiger partial charge in [0.05, 0.1) is 6.61 Å². The minimum absolute atomic E-state index is 0.301. The molecule has 0 aliphatic carbocycles. The highest BCUT2D eigenvalue weighted by molar-refractivity contribution is 5.74. The van der Waals surface area contributed by atoms with E-state index in [9.17, 15) is 4.39 Å². The van der Waals surface area contributed by atoms with Gasteiger partial charge in [-0.3, -0.25) is 4.90 Å². The van der Waals surface area contributed by atoms with Crippen molar-refractivity contribution in [3.63, 3.8) is 0 Å². The number of hydrogen-bond acceptors (Lipinski definition) is 5. The smallest absolute Gasteiger partial charge is 0.298 e. The van der Waals surface area contributed by atoms with E-state index in [0.717, 1.165) is 39.3 Å². The van der Waals surface area contributed by atoms with Gasteiger partial charge in [0, 0.05) is 45.9 Å². The van der Waals surface area contributed by atoms with Crippen molar-refractivity contribution in [3.05, 3.63) is 24.0 Å². The summed E-state index contributed by atoms with van der Waals surface area (Å²) < 4.78 is 23.9. The summed E-state index contributed by atoms with van der Waals surface area (Å²) >= 11 is 0. The molecule has 1 aromatic carbocycles. The van der Waals surface area contributed by atoms with Crippen molar-refractivity contribution in [2.45, 2.75) is 0 Å². The number of fused-ring (bicyclic) bond motifs is 1. The Hall–Kier alpha value is -1.66. The zero-order valence-corrected chi connectivity index (χ0v) is 11.5. The molecule has 6 heteroatoms. The standard InChI is InChI=1S/C14H18FN3O2/c1-19-9-8-17-4-6-18(7-5-17)14-16-12-3-2-11(15)10-13(12)20-14/h2-3,10H,4-9H2,1H3. The van der Waals surface area contributed by atoms with E-state index in [2.05, 4.69) is 14.8 Å². The molecule has 0 atom stereocenters. The summed E-state index contributed by atoms with van der Waals surface area (Å²) in [5.41, 5.74) is 1.20. The van der Waals surface area contributed by atoms with Crippen LogP contribution in [0.2, 0.25) is 0 Å². The second kappa shape index (κ2) is 5.76. The lowest BCUT2D eigenvalue weighted by Crippen LogP contribution is -2.47. The van der Waals surface area contributed by atoms with Gasteiger partial charge in [0.1, 0.15) is 11.3 Å². The summed E-state index contributed by atoms with van der Waals surface area (Å²) in [6.45, 7) is 5.33. The summed E-state index contributed by atoms with van der Waals surface area (Å²) in [5, 5.41) is 0. The van der Waals surface area contributed by atoms with Crippen LogP contribution in [0.4, 0.5) is 10.4 Å². The van der Waals surface area contributed by atoms with E-state index in [1.54, 1.807) is 13.2 Å². The summed E-state index contributed by atoms with van der Waals surface area (Å²) in [6.07, 6.45) is 0. The van der Waals surface area contributed by atoms with Crippen molar-refractivity contribution in [2.75, 3.05) is 51.3 Å². The quantitative estimate of drug-likeness (QED) is 0.852. The van der Waals surface area contributed by atoms with Crippen LogP contribution in [0.1, 0.15) is 0 Å². The Bertz CT molecular complexity index is 579. The van der Waals surface area contributed by atoms with Gasteiger partial charge in [-0.15, -0.1) is 0 Å². The zero-order chi connectivity index (χ0) is 13.9. The van der Waals surface area contributed by atoms with Gasteiger partial charge in [-0.1, -0.05) is 0 Å². The van der Waals surface area contributed by atoms with Gasteiger partial charge >= 0.3 is 0 Å². The maximum Gasteiger partial charge on any atom is 0.298 e. The minimum atomic E-state index is -0.301. The Morgan fingerprint density at radius 3 is 2.85 bits per heavy atom. The molecular formula is C14H18FN3O2.